The number of ether oxygens (including phenoxy) is 4. The smallest absolute Gasteiger partial charge is 0.333 e. The Balaban J connectivity index is 0.000000180. The Kier molecular flexibility index (Phi) is 11.3. The van der Waals surface area contributed by atoms with Gasteiger partial charge in [-0.2, -0.15) is 8.42 Å². The second kappa shape index (κ2) is 15.2. The van der Waals surface area contributed by atoms with Crippen LogP contribution in [0.25, 0.3) is 0 Å². The van der Waals surface area contributed by atoms with E-state index in [0.29, 0.717) is 5.92 Å². The van der Waals surface area contributed by atoms with E-state index in [2.05, 4.69) is 54.7 Å². The predicted molar refractivity (Wildman–Crippen MR) is 230 cm³/mol. The summed E-state index contributed by atoms with van der Waals surface area (Å²) in [5.74, 6) is -0.497. The lowest BCUT2D eigenvalue weighted by Gasteiger charge is -2.57. The summed E-state index contributed by atoms with van der Waals surface area (Å²) < 4.78 is 54.5. The molecule has 0 radical (unpaired) electrons. The first kappa shape index (κ1) is 45.9. The number of benzene rings is 1. The van der Waals surface area contributed by atoms with E-state index in [4.69, 9.17) is 23.1 Å². The fraction of sp³-hybridized carbons (Fsp3) is 0.755. The van der Waals surface area contributed by atoms with Gasteiger partial charge in [0.2, 0.25) is 0 Å². The quantitative estimate of drug-likeness (QED) is 0.109. The molecule has 62 heavy (non-hydrogen) atoms. The largest absolute Gasteiger partial charge is 0.459 e. The van der Waals surface area contributed by atoms with Gasteiger partial charge in [0, 0.05) is 33.5 Å². The van der Waals surface area contributed by atoms with E-state index in [9.17, 15) is 33.3 Å². The van der Waals surface area contributed by atoms with Crippen molar-refractivity contribution in [2.75, 3.05) is 13.2 Å². The molecule has 6 aliphatic carbocycles. The van der Waals surface area contributed by atoms with Crippen LogP contribution >= 0.6 is 0 Å². The second-order valence-corrected chi connectivity index (χ2v) is 23.4. The Labute approximate surface area is 368 Å². The minimum atomic E-state index is -4.12. The van der Waals surface area contributed by atoms with E-state index in [1.54, 1.807) is 24.3 Å². The SMILES string of the molecule is C=C[C@]1(C)[C@@H](OC(=O)CO)[C@]2(C)C(C)CC[C@]3(CC4OC4[C@H]32)[C@@H](C)[C@@H]1O.C=C[C@]1(C)[C@@H](OC(=O)COS(=O)(=O)c2ccc(C)cc2)[C@]2(C)C(C)CC[C@]3(CC4OC4[C@H]32)[C@@H](C)[C@@H]1O. The van der Waals surface area contributed by atoms with E-state index in [-0.39, 0.29) is 75.1 Å². The number of rotatable bonds is 9. The Morgan fingerprint density at radius 3 is 1.58 bits per heavy atom. The number of epoxide rings is 2. The minimum Gasteiger partial charge on any atom is -0.459 e. The molecule has 8 aliphatic rings. The van der Waals surface area contributed by atoms with Gasteiger partial charge in [-0.25, -0.2) is 9.59 Å². The third kappa shape index (κ3) is 6.35. The summed E-state index contributed by atoms with van der Waals surface area (Å²) in [5, 5.41) is 32.5. The molecule has 6 unspecified atom stereocenters. The van der Waals surface area contributed by atoms with Crippen LogP contribution in [0.1, 0.15) is 99.5 Å². The number of aliphatic hydroxyl groups is 3. The average Bonchev–Trinajstić information content (AvgIpc) is 4.14. The maximum atomic E-state index is 13.2. The molecule has 20 atom stereocenters. The van der Waals surface area contributed by atoms with Crippen LogP contribution in [0, 0.1) is 74.9 Å². The topological polar surface area (TPSA) is 182 Å². The molecule has 6 saturated carbocycles. The molecule has 0 spiro atoms. The first-order chi connectivity index (χ1) is 29.0. The van der Waals surface area contributed by atoms with Gasteiger partial charge in [0.15, 0.2) is 6.61 Å². The highest BCUT2D eigenvalue weighted by molar-refractivity contribution is 7.86. The van der Waals surface area contributed by atoms with Gasteiger partial charge in [0.25, 0.3) is 10.1 Å². The standard InChI is InChI=1S/C28H38O7S.C21H32O5/c1-7-26(5)24(30)18(4)28-13-12-17(3)27(6,23(28)22-20(14-28)34-22)25(26)35-21(29)15-33-36(31,32)19-10-8-16(2)9-11-19;1-6-19(4)17(24)12(3)21-8-7-11(2)20(5,18(19)26-14(23)10-22)16(21)15-13(9-21)25-15/h7-11,17-18,20,22-25,30H,1,12-15H2,2-6H3;6,11-13,15-18,22,24H,1,7-10H2,2-5H3/t17?,18-,20?,22?,23-,24-,25+,26-,27+,28-;11?,12-,13?,15?,16-,17-,18+,19-,20+,21-/m00/s1. The highest BCUT2D eigenvalue weighted by Gasteiger charge is 2.79. The van der Waals surface area contributed by atoms with Crippen molar-refractivity contribution in [3.8, 4) is 0 Å². The van der Waals surface area contributed by atoms with Crippen molar-refractivity contribution in [3.05, 3.63) is 55.1 Å². The molecule has 0 aromatic heterocycles. The maximum Gasteiger partial charge on any atom is 0.333 e. The molecule has 1 aromatic rings. The summed E-state index contributed by atoms with van der Waals surface area (Å²) in [5.41, 5.74) is -1.71. The lowest BCUT2D eigenvalue weighted by Crippen LogP contribution is -2.58. The number of hydrogen-bond acceptors (Lipinski definition) is 12. The third-order valence-corrected chi connectivity index (χ3v) is 20.6. The van der Waals surface area contributed by atoms with E-state index in [1.165, 1.54) is 12.1 Å². The van der Waals surface area contributed by atoms with Crippen molar-refractivity contribution >= 4 is 22.1 Å². The zero-order chi connectivity index (χ0) is 45.3. The van der Waals surface area contributed by atoms with Crippen molar-refractivity contribution in [1.82, 2.24) is 0 Å². The van der Waals surface area contributed by atoms with Crippen LogP contribution in [-0.4, -0.2) is 97.7 Å². The van der Waals surface area contributed by atoms with E-state index >= 15 is 0 Å². The lowest BCUT2D eigenvalue weighted by molar-refractivity contribution is -0.192. The minimum absolute atomic E-state index is 0.0128. The van der Waals surface area contributed by atoms with Gasteiger partial charge < -0.3 is 34.3 Å². The van der Waals surface area contributed by atoms with Crippen molar-refractivity contribution in [3.63, 3.8) is 0 Å². The van der Waals surface area contributed by atoms with Crippen LogP contribution in [0.4, 0.5) is 0 Å². The van der Waals surface area contributed by atoms with E-state index < -0.39 is 75.9 Å². The number of fused-ring (bicyclic) bond motifs is 2. The van der Waals surface area contributed by atoms with Gasteiger partial charge >= 0.3 is 11.9 Å². The van der Waals surface area contributed by atoms with Crippen LogP contribution in [0.2, 0.25) is 0 Å². The Morgan fingerprint density at radius 2 is 1.18 bits per heavy atom. The molecule has 12 nitrogen and oxygen atoms in total. The molecule has 1 aromatic carbocycles. The highest BCUT2D eigenvalue weighted by Crippen LogP contribution is 2.76. The molecule has 344 valence electrons. The number of hydrogen-bond donors (Lipinski definition) is 3. The van der Waals surface area contributed by atoms with Crippen LogP contribution in [0.15, 0.2) is 54.5 Å². The molecule has 2 heterocycles. The number of carbonyl (C=O) groups is 2. The zero-order valence-electron chi connectivity index (χ0n) is 38.0. The fourth-order valence-corrected chi connectivity index (χ4v) is 16.2. The number of aryl methyl sites for hydroxylation is 1. The predicted octanol–water partition coefficient (Wildman–Crippen LogP) is 6.33. The number of aliphatic hydroxyl groups excluding tert-OH is 3. The first-order valence-corrected chi connectivity index (χ1v) is 24.3. The van der Waals surface area contributed by atoms with Gasteiger partial charge in [-0.3, -0.25) is 4.18 Å². The molecule has 0 amide bonds. The average molecular weight is 883 g/mol. The van der Waals surface area contributed by atoms with E-state index in [0.717, 1.165) is 44.1 Å². The molecule has 3 N–H and O–H groups in total. The second-order valence-electron chi connectivity index (χ2n) is 21.8. The van der Waals surface area contributed by atoms with Gasteiger partial charge in [0.1, 0.15) is 18.8 Å². The lowest BCUT2D eigenvalue weighted by atomic mass is 9.48. The Morgan fingerprint density at radius 1 is 0.758 bits per heavy atom. The van der Waals surface area contributed by atoms with Gasteiger partial charge in [0.05, 0.1) is 41.5 Å². The molecule has 9 rings (SSSR count). The highest BCUT2D eigenvalue weighted by atomic mass is 32.2. The number of esters is 2. The summed E-state index contributed by atoms with van der Waals surface area (Å²) in [4.78, 5) is 25.3. The van der Waals surface area contributed by atoms with Crippen LogP contribution in [0.3, 0.4) is 0 Å². The molecular weight excluding hydrogens is 813 g/mol. The zero-order valence-corrected chi connectivity index (χ0v) is 38.9. The summed E-state index contributed by atoms with van der Waals surface area (Å²) >= 11 is 0. The van der Waals surface area contributed by atoms with Gasteiger partial charge in [-0.05, 0) is 92.1 Å². The van der Waals surface area contributed by atoms with Crippen molar-refractivity contribution in [1.29, 1.82) is 0 Å². The Bertz CT molecular complexity index is 2070. The fourth-order valence-electron chi connectivity index (χ4n) is 15.3. The summed E-state index contributed by atoms with van der Waals surface area (Å²) in [7, 11) is -4.12. The molecular formula is C49H70O12S. The molecule has 13 heteroatoms. The molecule has 2 saturated heterocycles. The maximum absolute atomic E-state index is 13.2. The summed E-state index contributed by atoms with van der Waals surface area (Å²) in [6.45, 7) is 25.4. The third-order valence-electron chi connectivity index (χ3n) is 19.3. The van der Waals surface area contributed by atoms with Crippen LogP contribution in [-0.2, 0) is 42.8 Å². The monoisotopic (exact) mass is 882 g/mol. The van der Waals surface area contributed by atoms with Gasteiger partial charge in [-0.1, -0.05) is 85.2 Å². The normalized spacial score (nSPS) is 50.4. The summed E-state index contributed by atoms with van der Waals surface area (Å²) in [6.07, 6.45) is 7.52. The van der Waals surface area contributed by atoms with Crippen molar-refractivity contribution in [2.24, 2.45) is 68.0 Å². The van der Waals surface area contributed by atoms with E-state index in [1.807, 2.05) is 20.8 Å². The molecule has 2 aliphatic heterocycles. The Hall–Kier alpha value is -2.65. The first-order valence-electron chi connectivity index (χ1n) is 22.9. The van der Waals surface area contributed by atoms with Crippen molar-refractivity contribution in [2.45, 2.75) is 155 Å². The molecule has 4 bridgehead atoms. The van der Waals surface area contributed by atoms with Crippen LogP contribution < -0.4 is 0 Å². The van der Waals surface area contributed by atoms with Gasteiger partial charge in [-0.15, -0.1) is 13.2 Å². The van der Waals surface area contributed by atoms with Crippen molar-refractivity contribution < 1.29 is 56.5 Å². The summed E-state index contributed by atoms with van der Waals surface area (Å²) in [6, 6.07) is 6.24. The van der Waals surface area contributed by atoms with Crippen LogP contribution in [0.5, 0.6) is 0 Å². The molecule has 8 fully saturated rings. The number of carbonyl (C=O) groups excluding carboxylic acids is 2.